The van der Waals surface area contributed by atoms with Gasteiger partial charge in [0.2, 0.25) is 11.7 Å². The van der Waals surface area contributed by atoms with Gasteiger partial charge < -0.3 is 10.2 Å². The fraction of sp³-hybridized carbons (Fsp3) is 0.417. The van der Waals surface area contributed by atoms with Gasteiger partial charge in [-0.1, -0.05) is 0 Å². The van der Waals surface area contributed by atoms with Crippen LogP contribution in [0.4, 0.5) is 11.5 Å². The minimum Gasteiger partial charge on any atom is -0.361 e. The molecule has 0 radical (unpaired) electrons. The second kappa shape index (κ2) is 5.52. The van der Waals surface area contributed by atoms with Crippen molar-refractivity contribution in [2.24, 2.45) is 0 Å². The first-order chi connectivity index (χ1) is 9.52. The summed E-state index contributed by atoms with van der Waals surface area (Å²) in [6.45, 7) is 0.586. The minimum atomic E-state index is -0.634. The van der Waals surface area contributed by atoms with E-state index in [2.05, 4.69) is 10.3 Å². The first kappa shape index (κ1) is 13.7. The number of nitrogens with zero attached hydrogens (tertiary/aromatic N) is 4. The largest absolute Gasteiger partial charge is 0.361 e. The van der Waals surface area contributed by atoms with Gasteiger partial charge in [0.15, 0.2) is 0 Å². The number of anilines is 1. The Balaban J connectivity index is 2.24. The van der Waals surface area contributed by atoms with Crippen molar-refractivity contribution in [3.05, 3.63) is 27.9 Å². The van der Waals surface area contributed by atoms with Crippen molar-refractivity contribution in [1.82, 2.24) is 9.88 Å². The van der Waals surface area contributed by atoms with Gasteiger partial charge in [-0.25, -0.2) is 4.98 Å². The van der Waals surface area contributed by atoms with E-state index in [1.807, 2.05) is 0 Å². The van der Waals surface area contributed by atoms with Crippen LogP contribution in [-0.4, -0.2) is 40.3 Å². The Labute approximate surface area is 115 Å². The second-order valence-corrected chi connectivity index (χ2v) is 4.57. The molecule has 1 aromatic rings. The third kappa shape index (κ3) is 2.66. The lowest BCUT2D eigenvalue weighted by Crippen LogP contribution is -2.41. The summed E-state index contributed by atoms with van der Waals surface area (Å²) in [5.41, 5.74) is -0.395. The number of piperidine rings is 1. The first-order valence-electron chi connectivity index (χ1n) is 6.07. The van der Waals surface area contributed by atoms with E-state index in [0.29, 0.717) is 13.0 Å². The normalized spacial score (nSPS) is 18.5. The number of amides is 1. The number of aromatic nitrogens is 1. The third-order valence-electron chi connectivity index (χ3n) is 3.23. The van der Waals surface area contributed by atoms with E-state index < -0.39 is 4.92 Å². The molecular formula is C12H13N5O3. The summed E-state index contributed by atoms with van der Waals surface area (Å²) in [6.07, 6.45) is 2.27. The summed E-state index contributed by atoms with van der Waals surface area (Å²) < 4.78 is 0. The summed E-state index contributed by atoms with van der Waals surface area (Å²) in [5.74, 6) is 0.0178. The van der Waals surface area contributed by atoms with Crippen LogP contribution in [0.2, 0.25) is 0 Å². The van der Waals surface area contributed by atoms with Gasteiger partial charge in [-0.15, -0.1) is 0 Å². The van der Waals surface area contributed by atoms with E-state index in [1.54, 1.807) is 18.0 Å². The van der Waals surface area contributed by atoms with Crippen molar-refractivity contribution in [3.8, 4) is 6.07 Å². The maximum absolute atomic E-state index is 11.6. The number of hydrogen-bond acceptors (Lipinski definition) is 6. The molecule has 8 heteroatoms. The molecule has 2 heterocycles. The average Bonchev–Trinajstić information content (AvgIpc) is 2.42. The summed E-state index contributed by atoms with van der Waals surface area (Å²) in [4.78, 5) is 27.6. The topological polar surface area (TPSA) is 112 Å². The summed E-state index contributed by atoms with van der Waals surface area (Å²) in [6, 6.07) is 2.86. The summed E-state index contributed by atoms with van der Waals surface area (Å²) >= 11 is 0. The van der Waals surface area contributed by atoms with Crippen LogP contribution < -0.4 is 5.32 Å². The fourth-order valence-electron chi connectivity index (χ4n) is 2.09. The highest BCUT2D eigenvalue weighted by Gasteiger charge is 2.27. The van der Waals surface area contributed by atoms with Crippen LogP contribution in [0.25, 0.3) is 0 Å². The lowest BCUT2D eigenvalue weighted by Gasteiger charge is -2.29. The van der Waals surface area contributed by atoms with Gasteiger partial charge >= 0.3 is 5.69 Å². The molecular weight excluding hydrogens is 262 g/mol. The van der Waals surface area contributed by atoms with Crippen molar-refractivity contribution in [1.29, 1.82) is 5.26 Å². The molecule has 0 aromatic carbocycles. The molecule has 1 aliphatic rings. The molecule has 1 saturated heterocycles. The van der Waals surface area contributed by atoms with Gasteiger partial charge in [0.25, 0.3) is 0 Å². The zero-order valence-electron chi connectivity index (χ0n) is 10.9. The van der Waals surface area contributed by atoms with Crippen LogP contribution >= 0.6 is 0 Å². The Morgan fingerprint density at radius 2 is 2.40 bits per heavy atom. The predicted octanol–water partition coefficient (Wildman–Crippen LogP) is 0.894. The van der Waals surface area contributed by atoms with Gasteiger partial charge in [0.1, 0.15) is 11.6 Å². The number of hydrogen-bond donors (Lipinski definition) is 1. The zero-order chi connectivity index (χ0) is 14.7. The molecule has 1 unspecified atom stereocenters. The molecule has 1 amide bonds. The molecule has 1 N–H and O–H groups in total. The molecule has 20 heavy (non-hydrogen) atoms. The standard InChI is InChI=1S/C12H13N5O3/c1-16-5-3-9(6-10(16)18)15-12-11(17(19)20)8(7-13)2-4-14-12/h2,4,9H,3,5-6H2,1H3,(H,14,15). The van der Waals surface area contributed by atoms with Crippen LogP contribution in [0.1, 0.15) is 18.4 Å². The third-order valence-corrected chi connectivity index (χ3v) is 3.23. The lowest BCUT2D eigenvalue weighted by molar-refractivity contribution is -0.384. The van der Waals surface area contributed by atoms with Crippen LogP contribution in [0.15, 0.2) is 12.3 Å². The molecule has 0 spiro atoms. The Morgan fingerprint density at radius 1 is 1.65 bits per heavy atom. The number of carbonyl (C=O) groups is 1. The van der Waals surface area contributed by atoms with Gasteiger partial charge in [-0.05, 0) is 12.5 Å². The Bertz CT molecular complexity index is 595. The minimum absolute atomic E-state index is 0.0205. The average molecular weight is 275 g/mol. The first-order valence-corrected chi connectivity index (χ1v) is 6.07. The van der Waals surface area contributed by atoms with E-state index in [1.165, 1.54) is 12.3 Å². The molecule has 2 rings (SSSR count). The molecule has 1 aromatic heterocycles. The maximum Gasteiger partial charge on any atom is 0.328 e. The van der Waals surface area contributed by atoms with Crippen molar-refractivity contribution in [3.63, 3.8) is 0 Å². The monoisotopic (exact) mass is 275 g/mol. The number of pyridine rings is 1. The number of nitriles is 1. The number of rotatable bonds is 3. The van der Waals surface area contributed by atoms with Gasteiger partial charge in [-0.3, -0.25) is 14.9 Å². The maximum atomic E-state index is 11.6. The number of carbonyl (C=O) groups excluding carboxylic acids is 1. The van der Waals surface area contributed by atoms with Crippen molar-refractivity contribution < 1.29 is 9.72 Å². The fourth-order valence-corrected chi connectivity index (χ4v) is 2.09. The molecule has 1 aliphatic heterocycles. The van der Waals surface area contributed by atoms with Gasteiger partial charge in [-0.2, -0.15) is 5.26 Å². The Hall–Kier alpha value is -2.69. The van der Waals surface area contributed by atoms with E-state index in [9.17, 15) is 14.9 Å². The van der Waals surface area contributed by atoms with Gasteiger partial charge in [0.05, 0.1) is 4.92 Å². The molecule has 1 fully saturated rings. The number of nitrogens with one attached hydrogen (secondary N) is 1. The van der Waals surface area contributed by atoms with Crippen LogP contribution in [0, 0.1) is 21.4 Å². The second-order valence-electron chi connectivity index (χ2n) is 4.57. The van der Waals surface area contributed by atoms with Crippen molar-refractivity contribution in [2.45, 2.75) is 18.9 Å². The van der Waals surface area contributed by atoms with Gasteiger partial charge in [0, 0.05) is 32.3 Å². The van der Waals surface area contributed by atoms with Crippen LogP contribution in [0.5, 0.6) is 0 Å². The van der Waals surface area contributed by atoms with E-state index in [0.717, 1.165) is 0 Å². The highest BCUT2D eigenvalue weighted by atomic mass is 16.6. The smallest absolute Gasteiger partial charge is 0.328 e. The molecule has 0 saturated carbocycles. The Kier molecular flexibility index (Phi) is 3.79. The quantitative estimate of drug-likeness (QED) is 0.647. The summed E-state index contributed by atoms with van der Waals surface area (Å²) in [5, 5.41) is 22.9. The molecule has 0 aliphatic carbocycles. The van der Waals surface area contributed by atoms with E-state index in [-0.39, 0.29) is 35.4 Å². The highest BCUT2D eigenvalue weighted by Crippen LogP contribution is 2.27. The van der Waals surface area contributed by atoms with E-state index >= 15 is 0 Å². The number of likely N-dealkylation sites (tertiary alicyclic amines) is 1. The number of nitro groups is 1. The van der Waals surface area contributed by atoms with Crippen LogP contribution in [-0.2, 0) is 4.79 Å². The van der Waals surface area contributed by atoms with E-state index in [4.69, 9.17) is 5.26 Å². The van der Waals surface area contributed by atoms with Crippen molar-refractivity contribution in [2.75, 3.05) is 18.9 Å². The SMILES string of the molecule is CN1CCC(Nc2nccc(C#N)c2[N+](=O)[O-])CC1=O. The lowest BCUT2D eigenvalue weighted by atomic mass is 10.0. The molecule has 1 atom stereocenters. The molecule has 0 bridgehead atoms. The predicted molar refractivity (Wildman–Crippen MR) is 69.9 cm³/mol. The van der Waals surface area contributed by atoms with Crippen LogP contribution in [0.3, 0.4) is 0 Å². The van der Waals surface area contributed by atoms with Crippen molar-refractivity contribution >= 4 is 17.4 Å². The Morgan fingerprint density at radius 3 is 3.00 bits per heavy atom. The highest BCUT2D eigenvalue weighted by molar-refractivity contribution is 5.78. The molecule has 104 valence electrons. The summed E-state index contributed by atoms with van der Waals surface area (Å²) in [7, 11) is 1.72. The molecule has 8 nitrogen and oxygen atoms in total. The zero-order valence-corrected chi connectivity index (χ0v) is 10.9.